The Kier molecular flexibility index (Phi) is 8.32. The van der Waals surface area contributed by atoms with Gasteiger partial charge in [0.15, 0.2) is 0 Å². The normalized spacial score (nSPS) is 10.6. The first kappa shape index (κ1) is 23.8. The van der Waals surface area contributed by atoms with Crippen molar-refractivity contribution < 1.29 is 19.1 Å². The van der Waals surface area contributed by atoms with Crippen LogP contribution in [0, 0.1) is 0 Å². The smallest absolute Gasteiger partial charge is 0.343 e. The number of halogens is 2. The Hall–Kier alpha value is -2.82. The number of hydrogen-bond donors (Lipinski definition) is 0. The van der Waals surface area contributed by atoms with Gasteiger partial charge < -0.3 is 9.47 Å². The Balaban J connectivity index is 1.69. The molecule has 32 heavy (non-hydrogen) atoms. The second kappa shape index (κ2) is 11.2. The molecular formula is C26H24Cl2O4. The van der Waals surface area contributed by atoms with Gasteiger partial charge in [0.25, 0.3) is 0 Å². The fraction of sp³-hybridized carbons (Fsp3) is 0.231. The van der Waals surface area contributed by atoms with Gasteiger partial charge >= 0.3 is 11.9 Å². The zero-order chi connectivity index (χ0) is 23.1. The van der Waals surface area contributed by atoms with Crippen molar-refractivity contribution in [3.8, 4) is 11.5 Å². The van der Waals surface area contributed by atoms with Gasteiger partial charge in [-0.05, 0) is 72.5 Å². The average Bonchev–Trinajstić information content (AvgIpc) is 2.78. The molecule has 0 amide bonds. The van der Waals surface area contributed by atoms with Crippen LogP contribution >= 0.6 is 23.2 Å². The molecule has 0 bridgehead atoms. The highest BCUT2D eigenvalue weighted by Gasteiger charge is 2.15. The summed E-state index contributed by atoms with van der Waals surface area (Å²) in [5, 5.41) is 0.723. The van der Waals surface area contributed by atoms with Gasteiger partial charge in [0.1, 0.15) is 11.5 Å². The Morgan fingerprint density at radius 1 is 0.656 bits per heavy atom. The van der Waals surface area contributed by atoms with Crippen molar-refractivity contribution >= 4 is 35.1 Å². The van der Waals surface area contributed by atoms with Crippen LogP contribution in [0.5, 0.6) is 11.5 Å². The highest BCUT2D eigenvalue weighted by atomic mass is 35.5. The number of carbonyl (C=O) groups is 2. The Bertz CT molecular complexity index is 1020. The van der Waals surface area contributed by atoms with Crippen LogP contribution in [0.2, 0.25) is 10.0 Å². The highest BCUT2D eigenvalue weighted by molar-refractivity contribution is 6.32. The van der Waals surface area contributed by atoms with Crippen molar-refractivity contribution in [3.63, 3.8) is 0 Å². The molecule has 3 aromatic rings. The van der Waals surface area contributed by atoms with Crippen molar-refractivity contribution in [2.24, 2.45) is 0 Å². The van der Waals surface area contributed by atoms with E-state index >= 15 is 0 Å². The zero-order valence-electron chi connectivity index (χ0n) is 18.0. The number of rotatable bonds is 8. The van der Waals surface area contributed by atoms with Crippen LogP contribution in [0.25, 0.3) is 0 Å². The minimum Gasteiger partial charge on any atom is -0.421 e. The van der Waals surface area contributed by atoms with Crippen LogP contribution in [0.1, 0.15) is 58.5 Å². The van der Waals surface area contributed by atoms with E-state index in [1.165, 1.54) is 24.3 Å². The van der Waals surface area contributed by atoms with Gasteiger partial charge in [-0.2, -0.15) is 0 Å². The number of benzene rings is 3. The summed E-state index contributed by atoms with van der Waals surface area (Å²) in [6, 6.07) is 16.8. The zero-order valence-corrected chi connectivity index (χ0v) is 19.5. The molecule has 0 aliphatic heterocycles. The maximum Gasteiger partial charge on any atom is 0.343 e. The largest absolute Gasteiger partial charge is 0.421 e. The highest BCUT2D eigenvalue weighted by Crippen LogP contribution is 2.28. The molecule has 0 unspecified atom stereocenters. The quantitative estimate of drug-likeness (QED) is 0.255. The Morgan fingerprint density at radius 3 is 1.38 bits per heavy atom. The standard InChI is InChI=1S/C26H24Cl2O4/c1-3-5-17-7-13-21(27)23(15-17)31-25(29)19-9-11-20(12-10-19)26(30)32-24-16-18(6-4-2)8-14-22(24)28/h7-16H,3-6H2,1-2H3. The molecule has 0 saturated heterocycles. The third kappa shape index (κ3) is 6.12. The van der Waals surface area contributed by atoms with E-state index in [2.05, 4.69) is 13.8 Å². The Morgan fingerprint density at radius 2 is 1.03 bits per heavy atom. The average molecular weight is 471 g/mol. The maximum atomic E-state index is 12.5. The van der Waals surface area contributed by atoms with E-state index in [4.69, 9.17) is 32.7 Å². The molecule has 0 aliphatic carbocycles. The van der Waals surface area contributed by atoms with E-state index in [1.807, 2.05) is 12.1 Å². The SMILES string of the molecule is CCCc1ccc(Cl)c(OC(=O)c2ccc(C(=O)Oc3cc(CCC)ccc3Cl)cc2)c1. The van der Waals surface area contributed by atoms with E-state index in [9.17, 15) is 9.59 Å². The summed E-state index contributed by atoms with van der Waals surface area (Å²) < 4.78 is 10.9. The summed E-state index contributed by atoms with van der Waals surface area (Å²) in [7, 11) is 0. The lowest BCUT2D eigenvalue weighted by Crippen LogP contribution is -2.12. The monoisotopic (exact) mass is 470 g/mol. The maximum absolute atomic E-state index is 12.5. The van der Waals surface area contributed by atoms with Gasteiger partial charge in [-0.15, -0.1) is 0 Å². The van der Waals surface area contributed by atoms with Crippen molar-refractivity contribution in [2.75, 3.05) is 0 Å². The second-order valence-electron chi connectivity index (χ2n) is 7.39. The number of ether oxygens (including phenoxy) is 2. The van der Waals surface area contributed by atoms with Gasteiger partial charge in [0.05, 0.1) is 21.2 Å². The van der Waals surface area contributed by atoms with Crippen LogP contribution in [0.15, 0.2) is 60.7 Å². The van der Waals surface area contributed by atoms with Crippen molar-refractivity contribution in [3.05, 3.63) is 93.0 Å². The van der Waals surface area contributed by atoms with E-state index in [1.54, 1.807) is 24.3 Å². The molecular weight excluding hydrogens is 447 g/mol. The van der Waals surface area contributed by atoms with Gasteiger partial charge in [-0.25, -0.2) is 9.59 Å². The summed E-state index contributed by atoms with van der Waals surface area (Å²) in [4.78, 5) is 25.1. The lowest BCUT2D eigenvalue weighted by molar-refractivity contribution is 0.0720. The van der Waals surface area contributed by atoms with Gasteiger partial charge in [-0.3, -0.25) is 0 Å². The third-order valence-corrected chi connectivity index (χ3v) is 5.45. The first-order valence-corrected chi connectivity index (χ1v) is 11.3. The first-order chi connectivity index (χ1) is 15.4. The molecule has 166 valence electrons. The number of esters is 2. The minimum absolute atomic E-state index is 0.293. The lowest BCUT2D eigenvalue weighted by atomic mass is 10.1. The molecule has 0 radical (unpaired) electrons. The number of hydrogen-bond acceptors (Lipinski definition) is 4. The fourth-order valence-corrected chi connectivity index (χ4v) is 3.51. The van der Waals surface area contributed by atoms with Crippen LogP contribution in [-0.4, -0.2) is 11.9 Å². The predicted octanol–water partition coefficient (Wildman–Crippen LogP) is 7.34. The Labute approximate surface area is 198 Å². The molecule has 3 aromatic carbocycles. The van der Waals surface area contributed by atoms with E-state index < -0.39 is 11.9 Å². The number of aryl methyl sites for hydroxylation is 2. The predicted molar refractivity (Wildman–Crippen MR) is 127 cm³/mol. The van der Waals surface area contributed by atoms with Gasteiger partial charge in [-0.1, -0.05) is 62.0 Å². The molecule has 0 aromatic heterocycles. The molecule has 0 N–H and O–H groups in total. The molecule has 4 nitrogen and oxygen atoms in total. The molecule has 0 spiro atoms. The molecule has 6 heteroatoms. The third-order valence-electron chi connectivity index (χ3n) is 4.83. The van der Waals surface area contributed by atoms with E-state index in [0.29, 0.717) is 32.7 Å². The lowest BCUT2D eigenvalue weighted by Gasteiger charge is -2.10. The summed E-state index contributed by atoms with van der Waals surface area (Å²) in [5.74, 6) is -0.494. The molecule has 3 rings (SSSR count). The summed E-state index contributed by atoms with van der Waals surface area (Å²) in [6.07, 6.45) is 3.68. The summed E-state index contributed by atoms with van der Waals surface area (Å²) in [6.45, 7) is 4.14. The van der Waals surface area contributed by atoms with Crippen LogP contribution in [0.3, 0.4) is 0 Å². The summed E-state index contributed by atoms with van der Waals surface area (Å²) in [5.41, 5.74) is 2.67. The fourth-order valence-electron chi connectivity index (χ4n) is 3.20. The van der Waals surface area contributed by atoms with E-state index in [-0.39, 0.29) is 0 Å². The van der Waals surface area contributed by atoms with Gasteiger partial charge in [0.2, 0.25) is 0 Å². The van der Waals surface area contributed by atoms with Crippen molar-refractivity contribution in [1.82, 2.24) is 0 Å². The molecule has 0 saturated carbocycles. The first-order valence-electron chi connectivity index (χ1n) is 10.5. The molecule has 0 fully saturated rings. The summed E-state index contributed by atoms with van der Waals surface area (Å²) >= 11 is 12.3. The van der Waals surface area contributed by atoms with E-state index in [0.717, 1.165) is 36.8 Å². The van der Waals surface area contributed by atoms with Gasteiger partial charge in [0, 0.05) is 0 Å². The van der Waals surface area contributed by atoms with Crippen molar-refractivity contribution in [1.29, 1.82) is 0 Å². The second-order valence-corrected chi connectivity index (χ2v) is 8.20. The van der Waals surface area contributed by atoms with Crippen LogP contribution in [-0.2, 0) is 12.8 Å². The van der Waals surface area contributed by atoms with Crippen molar-refractivity contribution in [2.45, 2.75) is 39.5 Å². The molecule has 0 heterocycles. The molecule has 0 atom stereocenters. The number of carbonyl (C=O) groups excluding carboxylic acids is 2. The topological polar surface area (TPSA) is 52.6 Å². The van der Waals surface area contributed by atoms with Crippen LogP contribution in [0.4, 0.5) is 0 Å². The molecule has 0 aliphatic rings. The van der Waals surface area contributed by atoms with Crippen LogP contribution < -0.4 is 9.47 Å². The minimum atomic E-state index is -0.559.